The molecule has 0 spiro atoms. The minimum absolute atomic E-state index is 0.0275. The average Bonchev–Trinajstić information content (AvgIpc) is 3.20. The number of hydrogen-bond donors (Lipinski definition) is 1. The van der Waals surface area contributed by atoms with Crippen LogP contribution in [0.1, 0.15) is 33.4 Å². The van der Waals surface area contributed by atoms with Gasteiger partial charge in [0.15, 0.2) is 0 Å². The van der Waals surface area contributed by atoms with Gasteiger partial charge in [-0.1, -0.05) is 42.5 Å². The molecule has 156 valence electrons. The molecule has 2 heterocycles. The van der Waals surface area contributed by atoms with Crippen LogP contribution in [0.3, 0.4) is 0 Å². The zero-order valence-electron chi connectivity index (χ0n) is 16.9. The number of nitrogens with one attached hydrogen (secondary N) is 1. The summed E-state index contributed by atoms with van der Waals surface area (Å²) in [5.74, 6) is -0.328. The van der Waals surface area contributed by atoms with Crippen molar-refractivity contribution in [2.45, 2.75) is 12.6 Å². The maximum absolute atomic E-state index is 13.4. The first-order chi connectivity index (χ1) is 15.0. The average molecular weight is 416 g/mol. The first kappa shape index (κ1) is 20.3. The molecule has 0 saturated carbocycles. The molecule has 0 aliphatic carbocycles. The molecule has 1 atom stereocenters. The van der Waals surface area contributed by atoms with Crippen LogP contribution in [-0.2, 0) is 13.6 Å². The van der Waals surface area contributed by atoms with Crippen molar-refractivity contribution in [3.8, 4) is 0 Å². The van der Waals surface area contributed by atoms with Crippen molar-refractivity contribution >= 4 is 5.91 Å². The fraction of sp³-hybridized carbons (Fsp3) is 0.125. The van der Waals surface area contributed by atoms with E-state index in [-0.39, 0.29) is 16.9 Å². The summed E-state index contributed by atoms with van der Waals surface area (Å²) in [5, 5.41) is 2.89. The molecule has 31 heavy (non-hydrogen) atoms. The maximum Gasteiger partial charge on any atom is 0.263 e. The minimum Gasteiger partial charge on any atom is -0.338 e. The van der Waals surface area contributed by atoms with Crippen molar-refractivity contribution in [2.75, 3.05) is 0 Å². The molecule has 6 nitrogen and oxygen atoms in total. The van der Waals surface area contributed by atoms with Crippen LogP contribution in [0.4, 0.5) is 4.39 Å². The van der Waals surface area contributed by atoms with Gasteiger partial charge in [0, 0.05) is 25.6 Å². The number of benzene rings is 2. The number of pyridine rings is 1. The summed E-state index contributed by atoms with van der Waals surface area (Å²) in [6.45, 7) is 0.363. The number of rotatable bonds is 6. The summed E-state index contributed by atoms with van der Waals surface area (Å²) in [7, 11) is 1.81. The van der Waals surface area contributed by atoms with E-state index < -0.39 is 11.9 Å². The highest BCUT2D eigenvalue weighted by molar-refractivity contribution is 5.94. The number of imidazole rings is 1. The third kappa shape index (κ3) is 4.45. The van der Waals surface area contributed by atoms with Gasteiger partial charge >= 0.3 is 0 Å². The molecule has 0 aliphatic heterocycles. The number of aromatic nitrogens is 3. The highest BCUT2D eigenvalue weighted by Gasteiger charge is 2.23. The van der Waals surface area contributed by atoms with Gasteiger partial charge in [-0.15, -0.1) is 0 Å². The van der Waals surface area contributed by atoms with Gasteiger partial charge in [0.05, 0.1) is 6.54 Å². The highest BCUT2D eigenvalue weighted by Crippen LogP contribution is 2.21. The lowest BCUT2D eigenvalue weighted by molar-refractivity contribution is 0.0939. The number of amides is 1. The van der Waals surface area contributed by atoms with Crippen LogP contribution in [-0.4, -0.2) is 20.0 Å². The van der Waals surface area contributed by atoms with Crippen molar-refractivity contribution in [3.63, 3.8) is 0 Å². The Balaban J connectivity index is 1.65. The maximum atomic E-state index is 13.4. The van der Waals surface area contributed by atoms with E-state index in [2.05, 4.69) is 10.3 Å². The smallest absolute Gasteiger partial charge is 0.263 e. The lowest BCUT2D eigenvalue weighted by Crippen LogP contribution is -2.36. The van der Waals surface area contributed by atoms with E-state index in [0.717, 1.165) is 5.56 Å². The van der Waals surface area contributed by atoms with Crippen LogP contribution in [0.2, 0.25) is 0 Å². The van der Waals surface area contributed by atoms with Crippen molar-refractivity contribution in [3.05, 3.63) is 124 Å². The second-order valence-electron chi connectivity index (χ2n) is 7.19. The third-order valence-corrected chi connectivity index (χ3v) is 5.06. The van der Waals surface area contributed by atoms with Crippen LogP contribution in [0.25, 0.3) is 0 Å². The van der Waals surface area contributed by atoms with Crippen molar-refractivity contribution in [2.24, 2.45) is 7.05 Å². The van der Waals surface area contributed by atoms with Crippen LogP contribution in [0.15, 0.2) is 90.1 Å². The number of nitrogens with zero attached hydrogens (tertiary/aromatic N) is 3. The van der Waals surface area contributed by atoms with E-state index in [1.807, 2.05) is 30.3 Å². The monoisotopic (exact) mass is 416 g/mol. The van der Waals surface area contributed by atoms with Gasteiger partial charge in [-0.25, -0.2) is 9.37 Å². The zero-order chi connectivity index (χ0) is 21.8. The lowest BCUT2D eigenvalue weighted by atomic mass is 10.1. The first-order valence-electron chi connectivity index (χ1n) is 9.80. The number of carbonyl (C=O) groups is 1. The Kier molecular flexibility index (Phi) is 5.75. The summed E-state index contributed by atoms with van der Waals surface area (Å²) in [6, 6.07) is 17.9. The van der Waals surface area contributed by atoms with Crippen LogP contribution < -0.4 is 10.9 Å². The Morgan fingerprint density at radius 2 is 1.77 bits per heavy atom. The molecule has 0 fully saturated rings. The van der Waals surface area contributed by atoms with E-state index in [4.69, 9.17) is 0 Å². The molecular formula is C24H21FN4O2. The Labute approximate surface area is 178 Å². The molecule has 1 N–H and O–H groups in total. The third-order valence-electron chi connectivity index (χ3n) is 5.06. The van der Waals surface area contributed by atoms with E-state index >= 15 is 0 Å². The van der Waals surface area contributed by atoms with Gasteiger partial charge in [0.25, 0.3) is 11.5 Å². The molecule has 7 heteroatoms. The summed E-state index contributed by atoms with van der Waals surface area (Å²) in [4.78, 5) is 30.4. The Morgan fingerprint density at radius 3 is 2.45 bits per heavy atom. The number of halogens is 1. The number of carbonyl (C=O) groups excluding carboxylic acids is 1. The van der Waals surface area contributed by atoms with Crippen molar-refractivity contribution in [1.82, 2.24) is 19.4 Å². The summed E-state index contributed by atoms with van der Waals surface area (Å²) in [6.07, 6.45) is 5.03. The van der Waals surface area contributed by atoms with Gasteiger partial charge < -0.3 is 14.5 Å². The minimum atomic E-state index is -0.643. The molecule has 0 bridgehead atoms. The second kappa shape index (κ2) is 8.79. The molecule has 0 aliphatic rings. The van der Waals surface area contributed by atoms with E-state index in [0.29, 0.717) is 17.9 Å². The van der Waals surface area contributed by atoms with E-state index in [9.17, 15) is 14.0 Å². The second-order valence-corrected chi connectivity index (χ2v) is 7.19. The van der Waals surface area contributed by atoms with Crippen molar-refractivity contribution < 1.29 is 9.18 Å². The first-order valence-corrected chi connectivity index (χ1v) is 9.80. The number of hydrogen-bond acceptors (Lipinski definition) is 3. The summed E-state index contributed by atoms with van der Waals surface area (Å²) in [5.41, 5.74) is 1.25. The summed E-state index contributed by atoms with van der Waals surface area (Å²) >= 11 is 0. The van der Waals surface area contributed by atoms with E-state index in [1.54, 1.807) is 48.4 Å². The van der Waals surface area contributed by atoms with Gasteiger partial charge in [0.2, 0.25) is 0 Å². The molecule has 2 aromatic carbocycles. The Morgan fingerprint density at radius 1 is 1.03 bits per heavy atom. The fourth-order valence-electron chi connectivity index (χ4n) is 3.43. The quantitative estimate of drug-likeness (QED) is 0.525. The molecule has 0 saturated heterocycles. The van der Waals surface area contributed by atoms with Gasteiger partial charge in [0.1, 0.15) is 23.2 Å². The lowest BCUT2D eigenvalue weighted by Gasteiger charge is -2.19. The molecule has 4 aromatic rings. The molecule has 0 radical (unpaired) electrons. The van der Waals surface area contributed by atoms with Gasteiger partial charge in [-0.3, -0.25) is 9.59 Å². The highest BCUT2D eigenvalue weighted by atomic mass is 19.1. The zero-order valence-corrected chi connectivity index (χ0v) is 16.9. The predicted octanol–water partition coefficient (Wildman–Crippen LogP) is 3.29. The molecule has 1 amide bonds. The number of aryl methyl sites for hydroxylation is 1. The standard InChI is InChI=1S/C24H21FN4O2/c1-28-15-13-26-22(28)21(18-9-11-19(25)12-10-18)27-23(30)20-8-5-14-29(24(20)31)16-17-6-3-2-4-7-17/h2-15,21H,16H2,1H3,(H,27,30). The Hall–Kier alpha value is -4.00. The molecular weight excluding hydrogens is 395 g/mol. The SMILES string of the molecule is Cn1ccnc1C(NC(=O)c1cccn(Cc2ccccc2)c1=O)c1ccc(F)cc1. The van der Waals surface area contributed by atoms with Gasteiger partial charge in [-0.05, 0) is 35.4 Å². The van der Waals surface area contributed by atoms with Crippen molar-refractivity contribution in [1.29, 1.82) is 0 Å². The predicted molar refractivity (Wildman–Crippen MR) is 115 cm³/mol. The topological polar surface area (TPSA) is 68.9 Å². The normalized spacial score (nSPS) is 11.8. The van der Waals surface area contributed by atoms with Crippen LogP contribution in [0.5, 0.6) is 0 Å². The fourth-order valence-corrected chi connectivity index (χ4v) is 3.43. The van der Waals surface area contributed by atoms with E-state index in [1.165, 1.54) is 22.8 Å². The van der Waals surface area contributed by atoms with Crippen LogP contribution in [0, 0.1) is 5.82 Å². The molecule has 2 aromatic heterocycles. The largest absolute Gasteiger partial charge is 0.338 e. The van der Waals surface area contributed by atoms with Crippen LogP contribution >= 0.6 is 0 Å². The van der Waals surface area contributed by atoms with Gasteiger partial charge in [-0.2, -0.15) is 0 Å². The molecule has 1 unspecified atom stereocenters. The molecule has 4 rings (SSSR count). The Bertz CT molecular complexity index is 1250. The summed E-state index contributed by atoms with van der Waals surface area (Å²) < 4.78 is 16.7.